The largest absolute Gasteiger partial charge is 0.416 e. The molecule has 0 fully saturated rings. The van der Waals surface area contributed by atoms with Crippen LogP contribution in [0.4, 0.5) is 13.2 Å². The Morgan fingerprint density at radius 3 is 2.50 bits per heavy atom. The number of hydrogen-bond acceptors (Lipinski definition) is 1. The zero-order valence-electron chi connectivity index (χ0n) is 10.4. The van der Waals surface area contributed by atoms with Crippen molar-refractivity contribution in [2.24, 2.45) is 0 Å². The second kappa shape index (κ2) is 6.57. The Morgan fingerprint density at radius 1 is 1.33 bits per heavy atom. The van der Waals surface area contributed by atoms with Gasteiger partial charge in [-0.15, -0.1) is 0 Å². The van der Waals surface area contributed by atoms with E-state index in [0.717, 1.165) is 30.7 Å². The Labute approximate surface area is 114 Å². The van der Waals surface area contributed by atoms with Crippen LogP contribution in [0.2, 0.25) is 0 Å². The van der Waals surface area contributed by atoms with Crippen molar-refractivity contribution in [1.82, 2.24) is 5.32 Å². The molecule has 0 amide bonds. The maximum Gasteiger partial charge on any atom is 0.416 e. The molecule has 0 bridgehead atoms. The zero-order valence-corrected chi connectivity index (χ0v) is 12.0. The standard InChI is InChI=1S/C13H17BrF3N/c1-3-6-18-9(2)7-10-4-5-11(8-12(10)14)13(15,16)17/h4-5,8-9,18H,3,6-7H2,1-2H3. The van der Waals surface area contributed by atoms with Crippen molar-refractivity contribution in [3.63, 3.8) is 0 Å². The van der Waals surface area contributed by atoms with Gasteiger partial charge in [0.25, 0.3) is 0 Å². The molecule has 1 rings (SSSR count). The molecule has 1 atom stereocenters. The molecule has 0 aliphatic rings. The Morgan fingerprint density at radius 2 is 2.00 bits per heavy atom. The molecule has 1 nitrogen and oxygen atoms in total. The first-order chi connectivity index (χ1) is 8.34. The van der Waals surface area contributed by atoms with Crippen LogP contribution in [0.1, 0.15) is 31.4 Å². The van der Waals surface area contributed by atoms with Crippen molar-refractivity contribution in [2.45, 2.75) is 38.9 Å². The molecule has 1 unspecified atom stereocenters. The molecule has 0 saturated carbocycles. The molecule has 0 aliphatic heterocycles. The van der Waals surface area contributed by atoms with E-state index in [1.807, 2.05) is 6.92 Å². The van der Waals surface area contributed by atoms with Gasteiger partial charge in [0.05, 0.1) is 5.56 Å². The van der Waals surface area contributed by atoms with E-state index in [1.165, 1.54) is 6.07 Å². The quantitative estimate of drug-likeness (QED) is 0.846. The number of nitrogens with one attached hydrogen (secondary N) is 1. The Balaban J connectivity index is 2.74. The monoisotopic (exact) mass is 323 g/mol. The SMILES string of the molecule is CCCNC(C)Cc1ccc(C(F)(F)F)cc1Br. The van der Waals surface area contributed by atoms with Gasteiger partial charge in [0.15, 0.2) is 0 Å². The van der Waals surface area contributed by atoms with Gasteiger partial charge in [-0.05, 0) is 44.0 Å². The summed E-state index contributed by atoms with van der Waals surface area (Å²) in [5.74, 6) is 0. The number of hydrogen-bond donors (Lipinski definition) is 1. The maximum absolute atomic E-state index is 12.5. The van der Waals surface area contributed by atoms with Crippen LogP contribution in [0.5, 0.6) is 0 Å². The third-order valence-corrected chi connectivity index (χ3v) is 3.39. The number of benzene rings is 1. The second-order valence-corrected chi connectivity index (χ2v) is 5.22. The first-order valence-electron chi connectivity index (χ1n) is 5.93. The van der Waals surface area contributed by atoms with Gasteiger partial charge in [-0.3, -0.25) is 0 Å². The average Bonchev–Trinajstić information content (AvgIpc) is 2.27. The van der Waals surface area contributed by atoms with E-state index in [-0.39, 0.29) is 6.04 Å². The summed E-state index contributed by atoms with van der Waals surface area (Å²) in [4.78, 5) is 0. The summed E-state index contributed by atoms with van der Waals surface area (Å²) >= 11 is 3.21. The van der Waals surface area contributed by atoms with Crippen molar-refractivity contribution >= 4 is 15.9 Å². The topological polar surface area (TPSA) is 12.0 Å². The fourth-order valence-corrected chi connectivity index (χ4v) is 2.22. The van der Waals surface area contributed by atoms with Crippen LogP contribution < -0.4 is 5.32 Å². The molecule has 1 aromatic rings. The maximum atomic E-state index is 12.5. The van der Waals surface area contributed by atoms with Gasteiger partial charge in [0.2, 0.25) is 0 Å². The minimum atomic E-state index is -4.28. The lowest BCUT2D eigenvalue weighted by Crippen LogP contribution is -2.28. The van der Waals surface area contributed by atoms with Crippen molar-refractivity contribution < 1.29 is 13.2 Å². The third-order valence-electron chi connectivity index (χ3n) is 2.65. The van der Waals surface area contributed by atoms with Gasteiger partial charge >= 0.3 is 6.18 Å². The summed E-state index contributed by atoms with van der Waals surface area (Å²) in [5.41, 5.74) is 0.270. The molecule has 0 radical (unpaired) electrons. The highest BCUT2D eigenvalue weighted by molar-refractivity contribution is 9.10. The van der Waals surface area contributed by atoms with E-state index in [4.69, 9.17) is 0 Å². The Hall–Kier alpha value is -0.550. The summed E-state index contributed by atoms with van der Waals surface area (Å²) in [7, 11) is 0. The van der Waals surface area contributed by atoms with E-state index < -0.39 is 11.7 Å². The number of alkyl halides is 3. The molecule has 5 heteroatoms. The van der Waals surface area contributed by atoms with Gasteiger partial charge < -0.3 is 5.32 Å². The van der Waals surface area contributed by atoms with Crippen LogP contribution in [0.15, 0.2) is 22.7 Å². The molecule has 1 N–H and O–H groups in total. The van der Waals surface area contributed by atoms with Crippen molar-refractivity contribution in [3.05, 3.63) is 33.8 Å². The summed E-state index contributed by atoms with van der Waals surface area (Å²) in [6, 6.07) is 4.06. The molecule has 18 heavy (non-hydrogen) atoms. The Bertz CT molecular complexity index is 390. The number of rotatable bonds is 5. The molecule has 1 aromatic carbocycles. The first-order valence-corrected chi connectivity index (χ1v) is 6.73. The lowest BCUT2D eigenvalue weighted by Gasteiger charge is -2.15. The van der Waals surface area contributed by atoms with Crippen molar-refractivity contribution in [3.8, 4) is 0 Å². The van der Waals surface area contributed by atoms with Crippen molar-refractivity contribution in [1.29, 1.82) is 0 Å². The molecule has 0 aliphatic carbocycles. The van der Waals surface area contributed by atoms with E-state index in [2.05, 4.69) is 28.2 Å². The lowest BCUT2D eigenvalue weighted by molar-refractivity contribution is -0.137. The predicted molar refractivity (Wildman–Crippen MR) is 70.6 cm³/mol. The highest BCUT2D eigenvalue weighted by Crippen LogP contribution is 2.32. The first kappa shape index (κ1) is 15.5. The fourth-order valence-electron chi connectivity index (χ4n) is 1.68. The summed E-state index contributed by atoms with van der Waals surface area (Å²) in [6.45, 7) is 5.02. The van der Waals surface area contributed by atoms with Crippen LogP contribution in [-0.4, -0.2) is 12.6 Å². The molecule has 0 heterocycles. The summed E-state index contributed by atoms with van der Waals surface area (Å²) in [5, 5.41) is 3.31. The van der Waals surface area contributed by atoms with Gasteiger partial charge in [-0.1, -0.05) is 28.9 Å². The minimum Gasteiger partial charge on any atom is -0.314 e. The van der Waals surface area contributed by atoms with Crippen LogP contribution in [-0.2, 0) is 12.6 Å². The van der Waals surface area contributed by atoms with E-state index in [0.29, 0.717) is 10.9 Å². The highest BCUT2D eigenvalue weighted by atomic mass is 79.9. The third kappa shape index (κ3) is 4.61. The smallest absolute Gasteiger partial charge is 0.314 e. The van der Waals surface area contributed by atoms with Gasteiger partial charge in [0.1, 0.15) is 0 Å². The van der Waals surface area contributed by atoms with Crippen LogP contribution in [0, 0.1) is 0 Å². The molecule has 0 aromatic heterocycles. The van der Waals surface area contributed by atoms with Gasteiger partial charge in [-0.2, -0.15) is 13.2 Å². The van der Waals surface area contributed by atoms with Crippen LogP contribution in [0.25, 0.3) is 0 Å². The number of halogens is 4. The van der Waals surface area contributed by atoms with E-state index in [9.17, 15) is 13.2 Å². The summed E-state index contributed by atoms with van der Waals surface area (Å²) < 4.78 is 38.0. The molecule has 0 saturated heterocycles. The van der Waals surface area contributed by atoms with Gasteiger partial charge in [-0.25, -0.2) is 0 Å². The zero-order chi connectivity index (χ0) is 13.8. The lowest BCUT2D eigenvalue weighted by atomic mass is 10.0. The van der Waals surface area contributed by atoms with E-state index in [1.54, 1.807) is 0 Å². The Kier molecular flexibility index (Phi) is 5.66. The van der Waals surface area contributed by atoms with Crippen molar-refractivity contribution in [2.75, 3.05) is 6.54 Å². The molecular formula is C13H17BrF3N. The second-order valence-electron chi connectivity index (χ2n) is 4.36. The molecular weight excluding hydrogens is 307 g/mol. The average molecular weight is 324 g/mol. The normalized spacial score (nSPS) is 13.7. The summed E-state index contributed by atoms with van der Waals surface area (Å²) in [6.07, 6.45) is -2.54. The predicted octanol–water partition coefficient (Wildman–Crippen LogP) is 4.40. The van der Waals surface area contributed by atoms with E-state index >= 15 is 0 Å². The molecule has 102 valence electrons. The molecule has 0 spiro atoms. The van der Waals surface area contributed by atoms with Gasteiger partial charge in [0, 0.05) is 10.5 Å². The van der Waals surface area contributed by atoms with Crippen LogP contribution >= 0.6 is 15.9 Å². The highest BCUT2D eigenvalue weighted by Gasteiger charge is 2.30. The fraction of sp³-hybridized carbons (Fsp3) is 0.538. The minimum absolute atomic E-state index is 0.248. The van der Waals surface area contributed by atoms with Crippen LogP contribution in [0.3, 0.4) is 0 Å².